The minimum atomic E-state index is -0.580. The highest BCUT2D eigenvalue weighted by atomic mass is 35.5. The Hall–Kier alpha value is -2.46. The Kier molecular flexibility index (Phi) is 6.13. The van der Waals surface area contributed by atoms with E-state index in [1.54, 1.807) is 36.4 Å². The lowest BCUT2D eigenvalue weighted by Gasteiger charge is -1.98. The van der Waals surface area contributed by atoms with E-state index in [1.165, 1.54) is 12.2 Å². The quantitative estimate of drug-likeness (QED) is 0.365. The van der Waals surface area contributed by atoms with Crippen LogP contribution >= 0.6 is 11.6 Å². The van der Waals surface area contributed by atoms with Crippen LogP contribution < -0.4 is 5.73 Å². The van der Waals surface area contributed by atoms with Gasteiger partial charge in [-0.3, -0.25) is 9.59 Å². The van der Waals surface area contributed by atoms with Gasteiger partial charge in [-0.15, -0.1) is 0 Å². The number of hydrogen-bond acceptors (Lipinski definition) is 3. The molecule has 20 heavy (non-hydrogen) atoms. The summed E-state index contributed by atoms with van der Waals surface area (Å²) in [5.74, 6) is -0.580. The highest BCUT2D eigenvalue weighted by Crippen LogP contribution is 2.06. The number of nitrogens with one attached hydrogen (secondary N) is 1. The molecule has 0 heterocycles. The molecule has 0 fully saturated rings. The Morgan fingerprint density at radius 2 is 1.80 bits per heavy atom. The summed E-state index contributed by atoms with van der Waals surface area (Å²) in [6, 6.07) is 6.66. The van der Waals surface area contributed by atoms with Crippen LogP contribution in [0.2, 0.25) is 0 Å². The fraction of sp³-hybridized carbons (Fsp3) is 0. The van der Waals surface area contributed by atoms with Gasteiger partial charge >= 0.3 is 0 Å². The molecular weight excluding hydrogens is 276 g/mol. The molecule has 1 aromatic rings. The molecule has 0 spiro atoms. The van der Waals surface area contributed by atoms with Gasteiger partial charge in [-0.25, -0.2) is 0 Å². The van der Waals surface area contributed by atoms with E-state index in [-0.39, 0.29) is 5.71 Å². The molecular formula is C15H13ClN2O2. The van der Waals surface area contributed by atoms with Gasteiger partial charge in [-0.1, -0.05) is 41.9 Å². The first-order chi connectivity index (χ1) is 9.52. The topological polar surface area (TPSA) is 84.0 Å². The van der Waals surface area contributed by atoms with Gasteiger partial charge in [0, 0.05) is 16.7 Å². The summed E-state index contributed by atoms with van der Waals surface area (Å²) in [4.78, 5) is 21.0. The molecule has 0 aliphatic heterocycles. The molecule has 0 atom stereocenters. The summed E-state index contributed by atoms with van der Waals surface area (Å²) in [5, 5.41) is 8.16. The van der Waals surface area contributed by atoms with Gasteiger partial charge in [0.25, 0.3) is 0 Å². The predicted molar refractivity (Wildman–Crippen MR) is 80.1 cm³/mol. The standard InChI is InChI=1S/C15H13ClN2O2/c16-13(8-9-15(18)20)2-1-3-14(17)12-6-4-11(10-19)5-7-12/h1-10,17H,(H2,18,20)/b3-1-,9-8+,13-2-,17-14?. The lowest BCUT2D eigenvalue weighted by atomic mass is 10.1. The minimum Gasteiger partial charge on any atom is -0.366 e. The van der Waals surface area contributed by atoms with E-state index in [0.717, 1.165) is 12.4 Å². The maximum absolute atomic E-state index is 10.5. The third kappa shape index (κ3) is 5.46. The average Bonchev–Trinajstić information content (AvgIpc) is 2.45. The van der Waals surface area contributed by atoms with Gasteiger partial charge in [0.15, 0.2) is 0 Å². The van der Waals surface area contributed by atoms with Crippen LogP contribution in [0, 0.1) is 5.41 Å². The zero-order valence-corrected chi connectivity index (χ0v) is 11.3. The summed E-state index contributed by atoms with van der Waals surface area (Å²) in [5.41, 5.74) is 6.45. The molecule has 0 aliphatic rings. The van der Waals surface area contributed by atoms with Crippen molar-refractivity contribution in [3.05, 3.63) is 70.8 Å². The molecule has 0 aromatic heterocycles. The number of nitrogens with two attached hydrogens (primary N) is 1. The summed E-state index contributed by atoms with van der Waals surface area (Å²) in [7, 11) is 0. The highest BCUT2D eigenvalue weighted by molar-refractivity contribution is 6.31. The van der Waals surface area contributed by atoms with Crippen LogP contribution in [0.5, 0.6) is 0 Å². The first-order valence-electron chi connectivity index (χ1n) is 5.68. The molecule has 0 bridgehead atoms. The lowest BCUT2D eigenvalue weighted by molar-refractivity contribution is -0.113. The first-order valence-corrected chi connectivity index (χ1v) is 6.06. The molecule has 0 aliphatic carbocycles. The maximum Gasteiger partial charge on any atom is 0.241 e. The fourth-order valence-electron chi connectivity index (χ4n) is 1.29. The van der Waals surface area contributed by atoms with Crippen LogP contribution in [0.3, 0.4) is 0 Å². The molecule has 0 saturated carbocycles. The van der Waals surface area contributed by atoms with Gasteiger partial charge in [0.1, 0.15) is 6.29 Å². The van der Waals surface area contributed by atoms with Crippen molar-refractivity contribution in [2.24, 2.45) is 5.73 Å². The number of rotatable bonds is 6. The first kappa shape index (κ1) is 15.6. The van der Waals surface area contributed by atoms with Crippen molar-refractivity contribution in [1.29, 1.82) is 5.41 Å². The van der Waals surface area contributed by atoms with E-state index in [4.69, 9.17) is 22.7 Å². The van der Waals surface area contributed by atoms with Crippen molar-refractivity contribution in [1.82, 2.24) is 0 Å². The van der Waals surface area contributed by atoms with Crippen LogP contribution in [0.1, 0.15) is 15.9 Å². The number of allylic oxidation sites excluding steroid dienone is 5. The SMILES string of the molecule is N=C(\C=C/C=C(Cl)/C=C/C(N)=O)c1ccc(C=O)cc1. The molecule has 0 saturated heterocycles. The van der Waals surface area contributed by atoms with Gasteiger partial charge < -0.3 is 11.1 Å². The van der Waals surface area contributed by atoms with Crippen molar-refractivity contribution in [2.75, 3.05) is 0 Å². The fourth-order valence-corrected chi connectivity index (χ4v) is 1.43. The largest absolute Gasteiger partial charge is 0.366 e. The van der Waals surface area contributed by atoms with Crippen LogP contribution in [0.25, 0.3) is 0 Å². The molecule has 1 rings (SSSR count). The lowest BCUT2D eigenvalue weighted by Crippen LogP contribution is -2.05. The van der Waals surface area contributed by atoms with Gasteiger partial charge in [0.2, 0.25) is 5.91 Å². The third-order valence-electron chi connectivity index (χ3n) is 2.28. The summed E-state index contributed by atoms with van der Waals surface area (Å²) in [6.45, 7) is 0. The third-order valence-corrected chi connectivity index (χ3v) is 2.53. The number of aldehydes is 1. The molecule has 102 valence electrons. The van der Waals surface area contributed by atoms with Crippen molar-refractivity contribution >= 4 is 29.5 Å². The number of amides is 1. The molecule has 4 nitrogen and oxygen atoms in total. The minimum absolute atomic E-state index is 0.280. The van der Waals surface area contributed by atoms with Crippen LogP contribution in [0.15, 0.2) is 59.7 Å². The normalized spacial score (nSPS) is 11.9. The Morgan fingerprint density at radius 1 is 1.15 bits per heavy atom. The van der Waals surface area contributed by atoms with Crippen LogP contribution in [0.4, 0.5) is 0 Å². The highest BCUT2D eigenvalue weighted by Gasteiger charge is 1.97. The number of carbonyl (C=O) groups is 2. The van der Waals surface area contributed by atoms with Crippen molar-refractivity contribution in [2.45, 2.75) is 0 Å². The second kappa shape index (κ2) is 7.86. The Balaban J connectivity index is 2.69. The van der Waals surface area contributed by atoms with Crippen molar-refractivity contribution < 1.29 is 9.59 Å². The molecule has 0 radical (unpaired) electrons. The summed E-state index contributed by atoms with van der Waals surface area (Å²) >= 11 is 5.80. The average molecular weight is 289 g/mol. The van der Waals surface area contributed by atoms with E-state index >= 15 is 0 Å². The second-order valence-corrected chi connectivity index (χ2v) is 4.24. The predicted octanol–water partition coefficient (Wildman–Crippen LogP) is 2.59. The Morgan fingerprint density at radius 3 is 2.35 bits per heavy atom. The second-order valence-electron chi connectivity index (χ2n) is 3.80. The van der Waals surface area contributed by atoms with Crippen LogP contribution in [-0.2, 0) is 4.79 Å². The number of benzene rings is 1. The van der Waals surface area contributed by atoms with E-state index in [0.29, 0.717) is 16.2 Å². The molecule has 3 N–H and O–H groups in total. The number of hydrogen-bond donors (Lipinski definition) is 2. The smallest absolute Gasteiger partial charge is 0.241 e. The zero-order valence-electron chi connectivity index (χ0n) is 10.5. The number of primary amides is 1. The summed E-state index contributed by atoms with van der Waals surface area (Å²) < 4.78 is 0. The Bertz CT molecular complexity index is 599. The van der Waals surface area contributed by atoms with E-state index < -0.39 is 5.91 Å². The zero-order chi connectivity index (χ0) is 15.0. The molecule has 1 aromatic carbocycles. The number of carbonyl (C=O) groups excluding carboxylic acids is 2. The Labute approximate surface area is 121 Å². The molecule has 5 heteroatoms. The van der Waals surface area contributed by atoms with Crippen molar-refractivity contribution in [3.8, 4) is 0 Å². The maximum atomic E-state index is 10.5. The van der Waals surface area contributed by atoms with Crippen LogP contribution in [-0.4, -0.2) is 17.9 Å². The number of halogens is 1. The monoisotopic (exact) mass is 288 g/mol. The van der Waals surface area contributed by atoms with Gasteiger partial charge in [0.05, 0.1) is 5.71 Å². The van der Waals surface area contributed by atoms with Gasteiger partial charge in [-0.05, 0) is 23.8 Å². The van der Waals surface area contributed by atoms with Crippen molar-refractivity contribution in [3.63, 3.8) is 0 Å². The van der Waals surface area contributed by atoms with E-state index in [2.05, 4.69) is 0 Å². The summed E-state index contributed by atoms with van der Waals surface area (Å²) in [6.07, 6.45) is 7.94. The van der Waals surface area contributed by atoms with Gasteiger partial charge in [-0.2, -0.15) is 0 Å². The molecule has 1 amide bonds. The van der Waals surface area contributed by atoms with E-state index in [9.17, 15) is 9.59 Å². The molecule has 0 unspecified atom stereocenters. The van der Waals surface area contributed by atoms with E-state index in [1.807, 2.05) is 0 Å².